The van der Waals surface area contributed by atoms with Crippen LogP contribution >= 0.6 is 11.3 Å². The molecule has 166 valence electrons. The van der Waals surface area contributed by atoms with Crippen LogP contribution in [0.1, 0.15) is 25.0 Å². The Hall–Kier alpha value is -3.88. The van der Waals surface area contributed by atoms with Gasteiger partial charge in [0.25, 0.3) is 0 Å². The van der Waals surface area contributed by atoms with Crippen molar-refractivity contribution in [1.82, 2.24) is 4.57 Å². The predicted molar refractivity (Wildman–Crippen MR) is 151 cm³/mol. The van der Waals surface area contributed by atoms with E-state index in [4.69, 9.17) is 0 Å². The number of thiophene rings is 1. The van der Waals surface area contributed by atoms with Crippen molar-refractivity contribution in [3.8, 4) is 16.8 Å². The van der Waals surface area contributed by atoms with Crippen molar-refractivity contribution in [1.29, 1.82) is 0 Å². The Labute approximate surface area is 207 Å². The Morgan fingerprint density at radius 3 is 2.26 bits per heavy atom. The minimum atomic E-state index is -0.0477. The summed E-state index contributed by atoms with van der Waals surface area (Å²) in [6, 6.07) is 38.2. The summed E-state index contributed by atoms with van der Waals surface area (Å²) in [5.74, 6) is 0. The van der Waals surface area contributed by atoms with E-state index < -0.39 is 0 Å². The van der Waals surface area contributed by atoms with Crippen molar-refractivity contribution in [2.24, 2.45) is 0 Å². The summed E-state index contributed by atoms with van der Waals surface area (Å²) in [6.07, 6.45) is 0. The lowest BCUT2D eigenvalue weighted by molar-refractivity contribution is 0.666. The average Bonchev–Trinajstić information content (AvgIpc) is 3.50. The van der Waals surface area contributed by atoms with Gasteiger partial charge >= 0.3 is 0 Å². The third-order valence-electron chi connectivity index (χ3n) is 7.97. The molecule has 0 unspecified atom stereocenters. The Kier molecular flexibility index (Phi) is 3.67. The Morgan fingerprint density at radius 1 is 0.600 bits per heavy atom. The molecular weight excluding hydrogens is 442 g/mol. The van der Waals surface area contributed by atoms with Gasteiger partial charge < -0.3 is 4.57 Å². The molecule has 0 radical (unpaired) electrons. The van der Waals surface area contributed by atoms with Gasteiger partial charge in [0.1, 0.15) is 0 Å². The minimum Gasteiger partial charge on any atom is -0.309 e. The van der Waals surface area contributed by atoms with Crippen molar-refractivity contribution in [3.63, 3.8) is 0 Å². The van der Waals surface area contributed by atoms with E-state index in [1.807, 2.05) is 11.3 Å². The predicted octanol–water partition coefficient (Wildman–Crippen LogP) is 9.46. The van der Waals surface area contributed by atoms with Crippen molar-refractivity contribution in [3.05, 3.63) is 114 Å². The van der Waals surface area contributed by atoms with Crippen LogP contribution in [0.25, 0.3) is 58.8 Å². The van der Waals surface area contributed by atoms with Gasteiger partial charge in [-0.3, -0.25) is 0 Å². The number of nitrogens with zero attached hydrogens (tertiary/aromatic N) is 1. The maximum absolute atomic E-state index is 2.47. The summed E-state index contributed by atoms with van der Waals surface area (Å²) >= 11 is 1.87. The van der Waals surface area contributed by atoms with Crippen LogP contribution in [0.2, 0.25) is 0 Å². The van der Waals surface area contributed by atoms with Crippen LogP contribution in [0.3, 0.4) is 0 Å². The van der Waals surface area contributed by atoms with E-state index in [1.165, 1.54) is 69.9 Å². The molecule has 0 N–H and O–H groups in total. The molecular formula is C33H23NS. The van der Waals surface area contributed by atoms with Gasteiger partial charge in [0.2, 0.25) is 0 Å². The van der Waals surface area contributed by atoms with Crippen molar-refractivity contribution in [2.45, 2.75) is 19.3 Å². The van der Waals surface area contributed by atoms with Crippen LogP contribution < -0.4 is 0 Å². The molecule has 1 aliphatic rings. The summed E-state index contributed by atoms with van der Waals surface area (Å²) in [6.45, 7) is 4.76. The molecule has 0 aliphatic heterocycles. The fourth-order valence-electron chi connectivity index (χ4n) is 6.46. The van der Waals surface area contributed by atoms with Crippen molar-refractivity contribution >= 4 is 53.3 Å². The van der Waals surface area contributed by atoms with Crippen LogP contribution in [0.5, 0.6) is 0 Å². The van der Waals surface area contributed by atoms with E-state index in [9.17, 15) is 0 Å². The average molecular weight is 466 g/mol. The highest BCUT2D eigenvalue weighted by Crippen LogP contribution is 2.53. The first-order valence-electron chi connectivity index (χ1n) is 12.2. The smallest absolute Gasteiger partial charge is 0.0544 e. The van der Waals surface area contributed by atoms with E-state index in [2.05, 4.69) is 122 Å². The normalized spacial score (nSPS) is 14.2. The highest BCUT2D eigenvalue weighted by Gasteiger charge is 2.37. The molecule has 2 heterocycles. The molecule has 0 fully saturated rings. The monoisotopic (exact) mass is 465 g/mol. The van der Waals surface area contributed by atoms with Gasteiger partial charge in [-0.1, -0.05) is 80.6 Å². The largest absolute Gasteiger partial charge is 0.309 e. The van der Waals surface area contributed by atoms with E-state index in [0.717, 1.165) is 0 Å². The number of fused-ring (bicyclic) bond motifs is 10. The molecule has 0 saturated carbocycles. The maximum Gasteiger partial charge on any atom is 0.0544 e. The van der Waals surface area contributed by atoms with Gasteiger partial charge in [-0.25, -0.2) is 0 Å². The number of hydrogen-bond donors (Lipinski definition) is 0. The highest BCUT2D eigenvalue weighted by molar-refractivity contribution is 7.25. The second-order valence-electron chi connectivity index (χ2n) is 10.2. The molecule has 8 rings (SSSR count). The molecule has 0 atom stereocenters. The number of hydrogen-bond acceptors (Lipinski definition) is 1. The maximum atomic E-state index is 2.47. The first kappa shape index (κ1) is 19.4. The van der Waals surface area contributed by atoms with Crippen LogP contribution in [-0.2, 0) is 5.41 Å². The number of para-hydroxylation sites is 1. The van der Waals surface area contributed by atoms with Crippen LogP contribution in [0.15, 0.2) is 103 Å². The standard InChI is InChI=1S/C33H23NS/c1-33(2)26-12-6-3-9-21(26)23-16-17-28-31(32(23)33)24-11-4-7-13-27(24)34(28)20-15-18-30-25(19-20)22-10-5-8-14-29(22)35-30/h3-19H,1-2H3. The van der Waals surface area contributed by atoms with Crippen molar-refractivity contribution in [2.75, 3.05) is 0 Å². The molecule has 1 aliphatic carbocycles. The van der Waals surface area contributed by atoms with Gasteiger partial charge in [0.05, 0.1) is 11.0 Å². The van der Waals surface area contributed by atoms with Crippen LogP contribution in [0.4, 0.5) is 0 Å². The second-order valence-corrected chi connectivity index (χ2v) is 11.3. The van der Waals surface area contributed by atoms with E-state index in [0.29, 0.717) is 0 Å². The molecule has 5 aromatic carbocycles. The molecule has 0 bridgehead atoms. The first-order valence-corrected chi connectivity index (χ1v) is 13.0. The topological polar surface area (TPSA) is 4.93 Å². The lowest BCUT2D eigenvalue weighted by Crippen LogP contribution is -2.15. The summed E-state index contributed by atoms with van der Waals surface area (Å²) in [7, 11) is 0. The second kappa shape index (κ2) is 6.62. The molecule has 2 heteroatoms. The number of aromatic nitrogens is 1. The fraction of sp³-hybridized carbons (Fsp3) is 0.0909. The Bertz CT molecular complexity index is 1980. The fourth-order valence-corrected chi connectivity index (χ4v) is 7.55. The third-order valence-corrected chi connectivity index (χ3v) is 9.12. The zero-order valence-corrected chi connectivity index (χ0v) is 20.5. The quantitative estimate of drug-likeness (QED) is 0.227. The molecule has 0 amide bonds. The SMILES string of the molecule is CC1(C)c2ccccc2-c2ccc3c(c21)c1ccccc1n3-c1ccc2sc3ccccc3c2c1. The van der Waals surface area contributed by atoms with Crippen LogP contribution in [-0.4, -0.2) is 4.57 Å². The van der Waals surface area contributed by atoms with Crippen molar-refractivity contribution < 1.29 is 0 Å². The molecule has 0 saturated heterocycles. The highest BCUT2D eigenvalue weighted by atomic mass is 32.1. The van der Waals surface area contributed by atoms with Gasteiger partial charge in [-0.15, -0.1) is 11.3 Å². The Morgan fingerprint density at radius 2 is 1.34 bits per heavy atom. The summed E-state index contributed by atoms with van der Waals surface area (Å²) in [4.78, 5) is 0. The zero-order chi connectivity index (χ0) is 23.3. The Balaban J connectivity index is 1.51. The first-order chi connectivity index (χ1) is 17.1. The van der Waals surface area contributed by atoms with Gasteiger partial charge in [0.15, 0.2) is 0 Å². The van der Waals surface area contributed by atoms with Gasteiger partial charge in [-0.05, 0) is 58.7 Å². The molecule has 0 spiro atoms. The molecule has 7 aromatic rings. The minimum absolute atomic E-state index is 0.0477. The lowest BCUT2D eigenvalue weighted by atomic mass is 9.80. The molecule has 2 aromatic heterocycles. The van der Waals surface area contributed by atoms with Gasteiger partial charge in [0, 0.05) is 42.0 Å². The van der Waals surface area contributed by atoms with Crippen LogP contribution in [0, 0.1) is 0 Å². The zero-order valence-electron chi connectivity index (χ0n) is 19.7. The third kappa shape index (κ3) is 2.42. The van der Waals surface area contributed by atoms with E-state index >= 15 is 0 Å². The number of benzene rings is 5. The van der Waals surface area contributed by atoms with Gasteiger partial charge in [-0.2, -0.15) is 0 Å². The summed E-state index contributed by atoms with van der Waals surface area (Å²) < 4.78 is 5.16. The number of rotatable bonds is 1. The lowest BCUT2D eigenvalue weighted by Gasteiger charge is -2.22. The molecule has 35 heavy (non-hydrogen) atoms. The van der Waals surface area contributed by atoms with E-state index in [-0.39, 0.29) is 5.41 Å². The molecule has 1 nitrogen and oxygen atoms in total. The summed E-state index contributed by atoms with van der Waals surface area (Å²) in [5, 5.41) is 5.39. The summed E-state index contributed by atoms with van der Waals surface area (Å²) in [5.41, 5.74) is 9.34. The van der Waals surface area contributed by atoms with E-state index in [1.54, 1.807) is 0 Å².